The Morgan fingerprint density at radius 3 is 2.64 bits per heavy atom. The van der Waals surface area contributed by atoms with Crippen molar-refractivity contribution in [3.8, 4) is 33.7 Å². The quantitative estimate of drug-likeness (QED) is 0.269. The molecule has 0 aliphatic rings. The molecule has 2 aromatic carbocycles. The molecule has 0 N–H and O–H groups in total. The van der Waals surface area contributed by atoms with Gasteiger partial charge in [-0.05, 0) is 53.1 Å². The molecule has 3 aromatic heterocycles. The summed E-state index contributed by atoms with van der Waals surface area (Å²) < 4.78 is 9.36. The van der Waals surface area contributed by atoms with E-state index in [0.717, 1.165) is 17.0 Å². The SMILES string of the molecule is [C-]#[N+]c1ccccc1-c1cc(-c2cc(Cl)cc(OCc3nccn3C)c2)c(=O)n(-c2cccnc2)c1. The Morgan fingerprint density at radius 1 is 1.03 bits per heavy atom. The predicted octanol–water partition coefficient (Wildman–Crippen LogP) is 6.08. The Bertz CT molecular complexity index is 1650. The lowest BCUT2D eigenvalue weighted by Crippen LogP contribution is -2.20. The lowest BCUT2D eigenvalue weighted by atomic mass is 10.00. The van der Waals surface area contributed by atoms with Gasteiger partial charge in [0.1, 0.15) is 18.2 Å². The number of nitrogens with zero attached hydrogens (tertiary/aromatic N) is 5. The number of imidazole rings is 1. The first-order valence-corrected chi connectivity index (χ1v) is 11.5. The summed E-state index contributed by atoms with van der Waals surface area (Å²) in [7, 11) is 1.89. The molecule has 0 saturated heterocycles. The maximum Gasteiger partial charge on any atom is 0.263 e. The van der Waals surface area contributed by atoms with Crippen LogP contribution >= 0.6 is 11.6 Å². The highest BCUT2D eigenvalue weighted by molar-refractivity contribution is 6.31. The van der Waals surface area contributed by atoms with Crippen molar-refractivity contribution in [3.05, 3.63) is 124 Å². The molecule has 5 rings (SSSR count). The number of hydrogen-bond acceptors (Lipinski definition) is 4. The molecular weight excluding hydrogens is 474 g/mol. The first-order valence-electron chi connectivity index (χ1n) is 11.1. The minimum atomic E-state index is -0.246. The zero-order chi connectivity index (χ0) is 25.1. The Balaban J connectivity index is 1.66. The van der Waals surface area contributed by atoms with E-state index in [4.69, 9.17) is 22.9 Å². The molecule has 0 aliphatic heterocycles. The second kappa shape index (κ2) is 9.90. The van der Waals surface area contributed by atoms with E-state index in [2.05, 4.69) is 14.8 Å². The van der Waals surface area contributed by atoms with Gasteiger partial charge in [0.25, 0.3) is 5.56 Å². The molecule has 0 saturated carbocycles. The van der Waals surface area contributed by atoms with Gasteiger partial charge in [-0.2, -0.15) is 0 Å². The molecule has 0 bridgehead atoms. The van der Waals surface area contributed by atoms with Gasteiger partial charge in [-0.1, -0.05) is 35.9 Å². The van der Waals surface area contributed by atoms with Crippen LogP contribution in [0, 0.1) is 6.57 Å². The maximum atomic E-state index is 13.7. The van der Waals surface area contributed by atoms with E-state index in [9.17, 15) is 4.79 Å². The van der Waals surface area contributed by atoms with Crippen molar-refractivity contribution in [1.29, 1.82) is 0 Å². The minimum absolute atomic E-state index is 0.246. The molecule has 0 aliphatic carbocycles. The number of ether oxygens (including phenoxy) is 1. The first-order chi connectivity index (χ1) is 17.5. The Kier molecular flexibility index (Phi) is 6.35. The second-order valence-electron chi connectivity index (χ2n) is 8.08. The molecule has 5 aromatic rings. The number of rotatable bonds is 6. The molecule has 3 heterocycles. The van der Waals surface area contributed by atoms with Crippen LogP contribution in [0.2, 0.25) is 5.02 Å². The van der Waals surface area contributed by atoms with Gasteiger partial charge in [0.2, 0.25) is 0 Å². The van der Waals surface area contributed by atoms with E-state index in [0.29, 0.717) is 33.3 Å². The second-order valence-corrected chi connectivity index (χ2v) is 8.51. The minimum Gasteiger partial charge on any atom is -0.486 e. The van der Waals surface area contributed by atoms with Crippen LogP contribution in [0.5, 0.6) is 5.75 Å². The summed E-state index contributed by atoms with van der Waals surface area (Å²) in [5, 5.41) is 0.432. The van der Waals surface area contributed by atoms with Crippen LogP contribution in [0.1, 0.15) is 5.82 Å². The lowest BCUT2D eigenvalue weighted by molar-refractivity contribution is 0.292. The highest BCUT2D eigenvalue weighted by atomic mass is 35.5. The van der Waals surface area contributed by atoms with E-state index in [1.165, 1.54) is 4.57 Å². The fourth-order valence-electron chi connectivity index (χ4n) is 3.92. The fraction of sp³-hybridized carbons (Fsp3) is 0.0714. The van der Waals surface area contributed by atoms with Crippen molar-refractivity contribution in [2.45, 2.75) is 6.61 Å². The monoisotopic (exact) mass is 493 g/mol. The lowest BCUT2D eigenvalue weighted by Gasteiger charge is -2.14. The maximum absolute atomic E-state index is 13.7. The number of hydrogen-bond donors (Lipinski definition) is 0. The van der Waals surface area contributed by atoms with Crippen molar-refractivity contribution in [3.63, 3.8) is 0 Å². The van der Waals surface area contributed by atoms with Crippen LogP contribution in [-0.2, 0) is 13.7 Å². The molecule has 36 heavy (non-hydrogen) atoms. The van der Waals surface area contributed by atoms with E-state index < -0.39 is 0 Å². The van der Waals surface area contributed by atoms with Gasteiger partial charge in [0.15, 0.2) is 5.69 Å². The molecule has 0 radical (unpaired) electrons. The van der Waals surface area contributed by atoms with Crippen molar-refractivity contribution < 1.29 is 4.74 Å². The summed E-state index contributed by atoms with van der Waals surface area (Å²) in [4.78, 5) is 25.8. The van der Waals surface area contributed by atoms with Gasteiger partial charge < -0.3 is 9.30 Å². The van der Waals surface area contributed by atoms with E-state index in [-0.39, 0.29) is 12.2 Å². The number of halogens is 1. The van der Waals surface area contributed by atoms with Crippen LogP contribution in [0.25, 0.3) is 32.8 Å². The van der Waals surface area contributed by atoms with Gasteiger partial charge in [0.05, 0.1) is 18.5 Å². The molecule has 8 heteroatoms. The molecule has 0 atom stereocenters. The van der Waals surface area contributed by atoms with Crippen molar-refractivity contribution >= 4 is 17.3 Å². The van der Waals surface area contributed by atoms with Gasteiger partial charge in [-0.3, -0.25) is 14.3 Å². The third-order valence-corrected chi connectivity index (χ3v) is 5.97. The van der Waals surface area contributed by atoms with Gasteiger partial charge >= 0.3 is 0 Å². The molecule has 0 unspecified atom stereocenters. The normalized spacial score (nSPS) is 10.7. The molecule has 176 valence electrons. The third kappa shape index (κ3) is 4.63. The summed E-state index contributed by atoms with van der Waals surface area (Å²) in [6.45, 7) is 7.85. The number of pyridine rings is 2. The summed E-state index contributed by atoms with van der Waals surface area (Å²) in [5.74, 6) is 1.27. The van der Waals surface area contributed by atoms with Crippen LogP contribution < -0.4 is 10.3 Å². The average Bonchev–Trinajstić information content (AvgIpc) is 3.32. The number of benzene rings is 2. The topological polar surface area (TPSA) is 66.3 Å². The zero-order valence-electron chi connectivity index (χ0n) is 19.3. The number of para-hydroxylation sites is 1. The van der Waals surface area contributed by atoms with Crippen molar-refractivity contribution in [2.24, 2.45) is 7.05 Å². The van der Waals surface area contributed by atoms with Gasteiger partial charge in [-0.15, -0.1) is 0 Å². The van der Waals surface area contributed by atoms with E-state index in [1.807, 2.05) is 42.1 Å². The number of aromatic nitrogens is 4. The molecular formula is C28H20ClN5O2. The average molecular weight is 494 g/mol. The molecule has 0 fully saturated rings. The largest absolute Gasteiger partial charge is 0.486 e. The van der Waals surface area contributed by atoms with Gasteiger partial charge in [0, 0.05) is 42.4 Å². The van der Waals surface area contributed by atoms with E-state index >= 15 is 0 Å². The smallest absolute Gasteiger partial charge is 0.263 e. The third-order valence-electron chi connectivity index (χ3n) is 5.75. The molecule has 7 nitrogen and oxygen atoms in total. The number of aryl methyl sites for hydroxylation is 1. The zero-order valence-corrected chi connectivity index (χ0v) is 20.1. The van der Waals surface area contributed by atoms with Crippen LogP contribution in [0.4, 0.5) is 5.69 Å². The standard InChI is InChI=1S/C28H20ClN5O2/c1-30-26-8-4-3-7-24(26)20-14-25(28(35)34(17-20)22-6-5-9-31-16-22)19-12-21(29)15-23(13-19)36-18-27-32-10-11-33(27)2/h3-17H,18H2,2H3. The van der Waals surface area contributed by atoms with Crippen LogP contribution in [-0.4, -0.2) is 19.1 Å². The first kappa shape index (κ1) is 23.1. The summed E-state index contributed by atoms with van der Waals surface area (Å²) in [6, 6.07) is 17.9. The van der Waals surface area contributed by atoms with Crippen LogP contribution in [0.3, 0.4) is 0 Å². The van der Waals surface area contributed by atoms with Gasteiger partial charge in [-0.25, -0.2) is 9.83 Å². The predicted molar refractivity (Wildman–Crippen MR) is 140 cm³/mol. The fourth-order valence-corrected chi connectivity index (χ4v) is 4.15. The summed E-state index contributed by atoms with van der Waals surface area (Å²) >= 11 is 6.45. The molecule has 0 amide bonds. The van der Waals surface area contributed by atoms with Crippen molar-refractivity contribution in [1.82, 2.24) is 19.1 Å². The van der Waals surface area contributed by atoms with Crippen molar-refractivity contribution in [2.75, 3.05) is 0 Å². The highest BCUT2D eigenvalue weighted by Gasteiger charge is 2.15. The van der Waals surface area contributed by atoms with E-state index in [1.54, 1.807) is 61.2 Å². The highest BCUT2D eigenvalue weighted by Crippen LogP contribution is 2.34. The summed E-state index contributed by atoms with van der Waals surface area (Å²) in [5.41, 5.74) is 3.31. The Morgan fingerprint density at radius 2 is 1.89 bits per heavy atom. The Hall–Kier alpha value is -4.67. The molecule has 0 spiro atoms. The Labute approximate surface area is 212 Å². The van der Waals surface area contributed by atoms with Crippen LogP contribution in [0.15, 0.2) is 96.4 Å². The summed E-state index contributed by atoms with van der Waals surface area (Å²) in [6.07, 6.45) is 8.55.